The zero-order valence-corrected chi connectivity index (χ0v) is 22.4. The van der Waals surface area contributed by atoms with Crippen LogP contribution >= 0.6 is 11.3 Å². The van der Waals surface area contributed by atoms with Gasteiger partial charge < -0.3 is 14.9 Å². The van der Waals surface area contributed by atoms with Crippen LogP contribution in [0.5, 0.6) is 0 Å². The molecule has 1 aliphatic rings. The Labute approximate surface area is 209 Å². The number of thiazole rings is 1. The van der Waals surface area contributed by atoms with E-state index >= 15 is 4.39 Å². The minimum absolute atomic E-state index is 0.105. The lowest BCUT2D eigenvalue weighted by Crippen LogP contribution is -2.38. The molecule has 2 heterocycles. The summed E-state index contributed by atoms with van der Waals surface area (Å²) in [6.07, 6.45) is 4.40. The third-order valence-corrected chi connectivity index (χ3v) is 7.97. The largest absolute Gasteiger partial charge is 0.488 e. The molecular weight excluding hydrogens is 449 g/mol. The van der Waals surface area contributed by atoms with Gasteiger partial charge >= 0.3 is 0 Å². The fourth-order valence-electron chi connectivity index (χ4n) is 4.40. The molecule has 2 N–H and O–H groups in total. The molecule has 1 aromatic heterocycles. The van der Waals surface area contributed by atoms with Crippen LogP contribution in [0.25, 0.3) is 6.08 Å². The summed E-state index contributed by atoms with van der Waals surface area (Å²) in [6, 6.07) is 0. The Morgan fingerprint density at radius 2 is 1.94 bits per heavy atom. The number of aryl methyl sites for hydroxylation is 1. The summed E-state index contributed by atoms with van der Waals surface area (Å²) in [6.45, 7) is 20.0. The maximum absolute atomic E-state index is 15.3. The van der Waals surface area contributed by atoms with Crippen molar-refractivity contribution in [3.05, 3.63) is 58.0 Å². The number of ether oxygens (including phenoxy) is 1. The van der Waals surface area contributed by atoms with Crippen molar-refractivity contribution in [1.29, 1.82) is 0 Å². The standard InChI is InChI=1S/C28H42FNO3S/c1-17-10-9-11-18(2)27(32)20(4)21(5)28(7,8)26(31)14-19(3)33-25(13-12-17)24(29)15-23-16-34-22(6)30-23/h12,15-16,18,20,25-27,31-32H,3,5,9-11,13-14H2,1-2,4,6-8H3/b17-12-,24-15-/t18-,20-,25-,26-,27-/m0/s1. The molecule has 34 heavy (non-hydrogen) atoms. The van der Waals surface area contributed by atoms with Gasteiger partial charge in [-0.15, -0.1) is 11.3 Å². The van der Waals surface area contributed by atoms with Crippen molar-refractivity contribution < 1.29 is 19.3 Å². The second-order valence-corrected chi connectivity index (χ2v) is 11.4. The third kappa shape index (κ3) is 7.62. The maximum Gasteiger partial charge on any atom is 0.153 e. The zero-order valence-electron chi connectivity index (χ0n) is 21.6. The molecule has 1 aromatic rings. The summed E-state index contributed by atoms with van der Waals surface area (Å²) in [5, 5.41) is 24.7. The van der Waals surface area contributed by atoms with E-state index in [1.807, 2.05) is 46.1 Å². The van der Waals surface area contributed by atoms with Crippen LogP contribution in [0.1, 0.15) is 77.4 Å². The molecule has 1 aliphatic heterocycles. The SMILES string of the molecule is C=C1C[C@H](O)C(C)(C)C(=C)[C@H](C)[C@@H](O)[C@@H](C)CCC/C(C)=C\C[C@@H](/C(F)=C/c2csc(C)n2)O1. The fourth-order valence-corrected chi connectivity index (χ4v) is 4.97. The quantitative estimate of drug-likeness (QED) is 0.431. The van der Waals surface area contributed by atoms with E-state index in [9.17, 15) is 10.2 Å². The third-order valence-electron chi connectivity index (χ3n) is 7.18. The predicted octanol–water partition coefficient (Wildman–Crippen LogP) is 7.15. The van der Waals surface area contributed by atoms with Gasteiger partial charge in [-0.05, 0) is 39.0 Å². The second-order valence-electron chi connectivity index (χ2n) is 10.4. The van der Waals surface area contributed by atoms with Gasteiger partial charge in [0, 0.05) is 35.6 Å². The van der Waals surface area contributed by atoms with E-state index in [-0.39, 0.29) is 18.3 Å². The van der Waals surface area contributed by atoms with Crippen LogP contribution in [0, 0.1) is 24.2 Å². The first kappa shape index (κ1) is 28.5. The van der Waals surface area contributed by atoms with Crippen LogP contribution in [0.2, 0.25) is 0 Å². The van der Waals surface area contributed by atoms with Gasteiger partial charge in [0.25, 0.3) is 0 Å². The number of nitrogens with zero attached hydrogens (tertiary/aromatic N) is 1. The highest BCUT2D eigenvalue weighted by Crippen LogP contribution is 2.39. The van der Waals surface area contributed by atoms with Gasteiger partial charge in [0.05, 0.1) is 28.7 Å². The second kappa shape index (κ2) is 12.3. The fraction of sp³-hybridized carbons (Fsp3) is 0.607. The minimum atomic E-state index is -0.837. The maximum atomic E-state index is 15.3. The van der Waals surface area contributed by atoms with Crippen LogP contribution in [0.15, 0.2) is 47.3 Å². The van der Waals surface area contributed by atoms with E-state index in [4.69, 9.17) is 4.74 Å². The Hall–Kier alpha value is -1.76. The molecule has 0 radical (unpaired) electrons. The first-order chi connectivity index (χ1) is 15.8. The normalized spacial score (nSPS) is 32.1. The first-order valence-electron chi connectivity index (χ1n) is 12.2. The molecule has 0 spiro atoms. The molecule has 0 aliphatic carbocycles. The van der Waals surface area contributed by atoms with Crippen LogP contribution in [0.4, 0.5) is 4.39 Å². The van der Waals surface area contributed by atoms with Crippen LogP contribution in [0.3, 0.4) is 0 Å². The van der Waals surface area contributed by atoms with Crippen molar-refractivity contribution >= 4 is 17.4 Å². The number of allylic oxidation sites excluding steroid dienone is 1. The summed E-state index contributed by atoms with van der Waals surface area (Å²) >= 11 is 1.47. The van der Waals surface area contributed by atoms with Gasteiger partial charge in [0.1, 0.15) is 5.83 Å². The molecular formula is C28H42FNO3S. The molecule has 0 amide bonds. The Kier molecular flexibility index (Phi) is 10.3. The lowest BCUT2D eigenvalue weighted by Gasteiger charge is -2.39. The summed E-state index contributed by atoms with van der Waals surface area (Å²) < 4.78 is 21.2. The van der Waals surface area contributed by atoms with Gasteiger partial charge in [-0.1, -0.05) is 58.1 Å². The van der Waals surface area contributed by atoms with Crippen LogP contribution < -0.4 is 0 Å². The predicted molar refractivity (Wildman–Crippen MR) is 140 cm³/mol. The van der Waals surface area contributed by atoms with Crippen molar-refractivity contribution in [2.45, 2.75) is 92.0 Å². The number of aromatic nitrogens is 1. The molecule has 0 bridgehead atoms. The van der Waals surface area contributed by atoms with Gasteiger partial charge in [0.2, 0.25) is 0 Å². The number of rotatable bonds is 2. The summed E-state index contributed by atoms with van der Waals surface area (Å²) in [7, 11) is 0. The highest BCUT2D eigenvalue weighted by Gasteiger charge is 2.37. The minimum Gasteiger partial charge on any atom is -0.488 e. The van der Waals surface area contributed by atoms with Crippen LogP contribution in [-0.4, -0.2) is 33.5 Å². The van der Waals surface area contributed by atoms with E-state index in [1.54, 1.807) is 0 Å². The van der Waals surface area contributed by atoms with Crippen molar-refractivity contribution in [1.82, 2.24) is 4.98 Å². The van der Waals surface area contributed by atoms with E-state index in [0.717, 1.165) is 35.4 Å². The number of aliphatic hydroxyl groups is 2. The molecule has 4 nitrogen and oxygen atoms in total. The molecule has 6 heteroatoms. The van der Waals surface area contributed by atoms with Gasteiger partial charge in [-0.25, -0.2) is 9.37 Å². The number of hydrogen-bond acceptors (Lipinski definition) is 5. The lowest BCUT2D eigenvalue weighted by atomic mass is 9.70. The molecule has 2 rings (SSSR count). The molecule has 0 aromatic carbocycles. The Morgan fingerprint density at radius 1 is 1.26 bits per heavy atom. The molecule has 0 unspecified atom stereocenters. The van der Waals surface area contributed by atoms with E-state index in [2.05, 4.69) is 25.1 Å². The molecule has 190 valence electrons. The average molecular weight is 492 g/mol. The first-order valence-corrected chi connectivity index (χ1v) is 13.1. The summed E-state index contributed by atoms with van der Waals surface area (Å²) in [5.41, 5.74) is 1.84. The van der Waals surface area contributed by atoms with E-state index < -0.39 is 29.6 Å². The van der Waals surface area contributed by atoms with Crippen molar-refractivity contribution in [3.8, 4) is 0 Å². The number of hydrogen-bond donors (Lipinski definition) is 2. The smallest absolute Gasteiger partial charge is 0.153 e. The van der Waals surface area contributed by atoms with Gasteiger partial charge in [-0.2, -0.15) is 0 Å². The topological polar surface area (TPSA) is 62.6 Å². The van der Waals surface area contributed by atoms with Crippen molar-refractivity contribution in [2.24, 2.45) is 17.3 Å². The molecule has 0 saturated carbocycles. The van der Waals surface area contributed by atoms with Gasteiger partial charge in [0.15, 0.2) is 6.10 Å². The number of aliphatic hydroxyl groups excluding tert-OH is 2. The molecule has 0 fully saturated rings. The molecule has 5 atom stereocenters. The highest BCUT2D eigenvalue weighted by atomic mass is 32.1. The Balaban J connectivity index is 2.33. The number of halogens is 1. The van der Waals surface area contributed by atoms with Gasteiger partial charge in [-0.3, -0.25) is 0 Å². The zero-order chi connectivity index (χ0) is 25.6. The monoisotopic (exact) mass is 491 g/mol. The lowest BCUT2D eigenvalue weighted by molar-refractivity contribution is 0.0228. The molecule has 0 saturated heterocycles. The highest BCUT2D eigenvalue weighted by molar-refractivity contribution is 7.09. The van der Waals surface area contributed by atoms with Crippen LogP contribution in [-0.2, 0) is 4.74 Å². The summed E-state index contributed by atoms with van der Waals surface area (Å²) in [5.74, 6) is -0.169. The van der Waals surface area contributed by atoms with E-state index in [1.165, 1.54) is 17.4 Å². The van der Waals surface area contributed by atoms with Crippen molar-refractivity contribution in [3.63, 3.8) is 0 Å². The van der Waals surface area contributed by atoms with E-state index in [0.29, 0.717) is 17.9 Å². The van der Waals surface area contributed by atoms with Crippen molar-refractivity contribution in [2.75, 3.05) is 0 Å². The summed E-state index contributed by atoms with van der Waals surface area (Å²) in [4.78, 5) is 4.32. The Morgan fingerprint density at radius 3 is 2.56 bits per heavy atom. The average Bonchev–Trinajstić information content (AvgIpc) is 3.18. The Bertz CT molecular complexity index is 917.